The lowest BCUT2D eigenvalue weighted by atomic mass is 10.1. The number of benzene rings is 1. The SMILES string of the molecule is CC(N)C(Sc1ccc(Cl)cn1)c1cccc(Cl)c1. The molecular weight excluding hydrogens is 299 g/mol. The highest BCUT2D eigenvalue weighted by Gasteiger charge is 2.18. The Hall–Kier alpha value is -0.740. The highest BCUT2D eigenvalue weighted by molar-refractivity contribution is 7.99. The zero-order chi connectivity index (χ0) is 13.8. The summed E-state index contributed by atoms with van der Waals surface area (Å²) < 4.78 is 0. The van der Waals surface area contributed by atoms with E-state index in [9.17, 15) is 0 Å². The van der Waals surface area contributed by atoms with Crippen molar-refractivity contribution in [1.29, 1.82) is 0 Å². The van der Waals surface area contributed by atoms with Gasteiger partial charge in [-0.2, -0.15) is 0 Å². The first-order valence-corrected chi connectivity index (χ1v) is 7.49. The van der Waals surface area contributed by atoms with Crippen molar-refractivity contribution in [3.63, 3.8) is 0 Å². The molecule has 0 aliphatic rings. The summed E-state index contributed by atoms with van der Waals surface area (Å²) in [5.74, 6) is 0. The van der Waals surface area contributed by atoms with Gasteiger partial charge in [-0.3, -0.25) is 0 Å². The molecule has 19 heavy (non-hydrogen) atoms. The summed E-state index contributed by atoms with van der Waals surface area (Å²) in [7, 11) is 0. The van der Waals surface area contributed by atoms with E-state index < -0.39 is 0 Å². The van der Waals surface area contributed by atoms with Gasteiger partial charge < -0.3 is 5.73 Å². The number of hydrogen-bond acceptors (Lipinski definition) is 3. The van der Waals surface area contributed by atoms with E-state index >= 15 is 0 Å². The van der Waals surface area contributed by atoms with Crippen LogP contribution in [0.25, 0.3) is 0 Å². The van der Waals surface area contributed by atoms with Crippen molar-refractivity contribution in [2.45, 2.75) is 23.2 Å². The lowest BCUT2D eigenvalue weighted by molar-refractivity contribution is 0.720. The minimum atomic E-state index is -0.0130. The molecular formula is C14H14Cl2N2S. The normalized spacial score (nSPS) is 14.1. The number of thioether (sulfide) groups is 1. The molecule has 2 aromatic rings. The van der Waals surface area contributed by atoms with E-state index in [1.165, 1.54) is 0 Å². The molecule has 0 fully saturated rings. The predicted molar refractivity (Wildman–Crippen MR) is 82.9 cm³/mol. The van der Waals surface area contributed by atoms with E-state index in [0.29, 0.717) is 10.0 Å². The lowest BCUT2D eigenvalue weighted by Crippen LogP contribution is -2.22. The monoisotopic (exact) mass is 312 g/mol. The zero-order valence-electron chi connectivity index (χ0n) is 10.4. The van der Waals surface area contributed by atoms with Gasteiger partial charge in [0.25, 0.3) is 0 Å². The minimum Gasteiger partial charge on any atom is -0.327 e. The summed E-state index contributed by atoms with van der Waals surface area (Å²) in [5.41, 5.74) is 7.18. The van der Waals surface area contributed by atoms with Crippen LogP contribution < -0.4 is 5.73 Å². The Balaban J connectivity index is 2.23. The zero-order valence-corrected chi connectivity index (χ0v) is 12.7. The Morgan fingerprint density at radius 1 is 1.16 bits per heavy atom. The molecule has 100 valence electrons. The second-order valence-electron chi connectivity index (χ2n) is 4.27. The predicted octanol–water partition coefficient (Wildman–Crippen LogP) is 4.57. The second kappa shape index (κ2) is 6.62. The van der Waals surface area contributed by atoms with Crippen LogP contribution >= 0.6 is 35.0 Å². The van der Waals surface area contributed by atoms with Crippen molar-refractivity contribution in [1.82, 2.24) is 4.98 Å². The van der Waals surface area contributed by atoms with Crippen LogP contribution in [0, 0.1) is 0 Å². The molecule has 0 bridgehead atoms. The molecule has 2 unspecified atom stereocenters. The second-order valence-corrected chi connectivity index (χ2v) is 6.30. The van der Waals surface area contributed by atoms with Gasteiger partial charge in [0.05, 0.1) is 15.3 Å². The fourth-order valence-corrected chi connectivity index (χ4v) is 3.05. The molecule has 0 amide bonds. The molecule has 0 saturated carbocycles. The highest BCUT2D eigenvalue weighted by atomic mass is 35.5. The fourth-order valence-electron chi connectivity index (χ4n) is 1.72. The molecule has 1 heterocycles. The van der Waals surface area contributed by atoms with Crippen LogP contribution in [0.3, 0.4) is 0 Å². The molecule has 0 aliphatic heterocycles. The summed E-state index contributed by atoms with van der Waals surface area (Å²) in [4.78, 5) is 4.29. The third-order valence-corrected chi connectivity index (χ3v) is 4.50. The van der Waals surface area contributed by atoms with Gasteiger partial charge in [-0.15, -0.1) is 0 Å². The lowest BCUT2D eigenvalue weighted by Gasteiger charge is -2.20. The average Bonchev–Trinajstić information content (AvgIpc) is 2.37. The van der Waals surface area contributed by atoms with Crippen LogP contribution in [-0.2, 0) is 0 Å². The van der Waals surface area contributed by atoms with Crippen molar-refractivity contribution in [3.8, 4) is 0 Å². The number of pyridine rings is 1. The van der Waals surface area contributed by atoms with Crippen LogP contribution in [0.15, 0.2) is 47.6 Å². The van der Waals surface area contributed by atoms with E-state index in [-0.39, 0.29) is 11.3 Å². The third-order valence-electron chi connectivity index (χ3n) is 2.60. The molecule has 5 heteroatoms. The first kappa shape index (κ1) is 14.7. The Morgan fingerprint density at radius 2 is 1.95 bits per heavy atom. The Kier molecular flexibility index (Phi) is 5.11. The third kappa shape index (κ3) is 4.11. The molecule has 0 aliphatic carbocycles. The van der Waals surface area contributed by atoms with Crippen LogP contribution in [0.5, 0.6) is 0 Å². The van der Waals surface area contributed by atoms with E-state index in [0.717, 1.165) is 10.6 Å². The summed E-state index contributed by atoms with van der Waals surface area (Å²) in [6.45, 7) is 1.98. The maximum absolute atomic E-state index is 6.08. The molecule has 2 N–H and O–H groups in total. The quantitative estimate of drug-likeness (QED) is 0.840. The maximum atomic E-state index is 6.08. The van der Waals surface area contributed by atoms with Crippen LogP contribution in [-0.4, -0.2) is 11.0 Å². The van der Waals surface area contributed by atoms with Gasteiger partial charge in [-0.1, -0.05) is 47.1 Å². The Bertz CT molecular complexity index is 543. The van der Waals surface area contributed by atoms with E-state index in [4.69, 9.17) is 28.9 Å². The number of nitrogens with zero attached hydrogens (tertiary/aromatic N) is 1. The summed E-state index contributed by atoms with van der Waals surface area (Å²) in [6.07, 6.45) is 1.64. The summed E-state index contributed by atoms with van der Waals surface area (Å²) >= 11 is 13.5. The van der Waals surface area contributed by atoms with Gasteiger partial charge >= 0.3 is 0 Å². The van der Waals surface area contributed by atoms with Gasteiger partial charge in [0, 0.05) is 17.3 Å². The van der Waals surface area contributed by atoms with Gasteiger partial charge in [-0.25, -0.2) is 4.98 Å². The number of halogens is 2. The van der Waals surface area contributed by atoms with Crippen LogP contribution in [0.2, 0.25) is 10.0 Å². The van der Waals surface area contributed by atoms with Crippen molar-refractivity contribution in [2.24, 2.45) is 5.73 Å². The molecule has 2 rings (SSSR count). The molecule has 0 spiro atoms. The molecule has 1 aromatic carbocycles. The molecule has 0 radical (unpaired) electrons. The number of nitrogens with two attached hydrogens (primary N) is 1. The summed E-state index contributed by atoms with van der Waals surface area (Å²) in [5, 5.41) is 2.34. The number of aromatic nitrogens is 1. The van der Waals surface area contributed by atoms with Gasteiger partial charge in [0.2, 0.25) is 0 Å². The highest BCUT2D eigenvalue weighted by Crippen LogP contribution is 2.37. The number of hydrogen-bond donors (Lipinski definition) is 1. The van der Waals surface area contributed by atoms with Crippen molar-refractivity contribution in [2.75, 3.05) is 0 Å². The molecule has 2 atom stereocenters. The van der Waals surface area contributed by atoms with Gasteiger partial charge in [0.15, 0.2) is 0 Å². The molecule has 2 nitrogen and oxygen atoms in total. The van der Waals surface area contributed by atoms with Gasteiger partial charge in [-0.05, 0) is 36.8 Å². The van der Waals surface area contributed by atoms with Gasteiger partial charge in [0.1, 0.15) is 0 Å². The topological polar surface area (TPSA) is 38.9 Å². The van der Waals surface area contributed by atoms with E-state index in [1.54, 1.807) is 18.0 Å². The first-order valence-electron chi connectivity index (χ1n) is 5.85. The van der Waals surface area contributed by atoms with Crippen LogP contribution in [0.4, 0.5) is 0 Å². The summed E-state index contributed by atoms with van der Waals surface area (Å²) in [6, 6.07) is 11.5. The smallest absolute Gasteiger partial charge is 0.0967 e. The van der Waals surface area contributed by atoms with Crippen molar-refractivity contribution < 1.29 is 0 Å². The van der Waals surface area contributed by atoms with E-state index in [1.807, 2.05) is 43.3 Å². The average molecular weight is 313 g/mol. The minimum absolute atomic E-state index is 0.0130. The van der Waals surface area contributed by atoms with Crippen molar-refractivity contribution >= 4 is 35.0 Å². The molecule has 1 aromatic heterocycles. The number of rotatable bonds is 4. The fraction of sp³-hybridized carbons (Fsp3) is 0.214. The van der Waals surface area contributed by atoms with Crippen molar-refractivity contribution in [3.05, 3.63) is 58.2 Å². The Morgan fingerprint density at radius 3 is 2.53 bits per heavy atom. The maximum Gasteiger partial charge on any atom is 0.0967 e. The molecule has 0 saturated heterocycles. The van der Waals surface area contributed by atoms with E-state index in [2.05, 4.69) is 4.98 Å². The largest absolute Gasteiger partial charge is 0.327 e. The standard InChI is InChI=1S/C14H14Cl2N2S/c1-9(17)14(10-3-2-4-11(15)7-10)19-13-6-5-12(16)8-18-13/h2-9,14H,17H2,1H3. The first-order chi connectivity index (χ1) is 9.06. The van der Waals surface area contributed by atoms with Crippen LogP contribution in [0.1, 0.15) is 17.7 Å². The Labute approximate surface area is 127 Å².